The summed E-state index contributed by atoms with van der Waals surface area (Å²) >= 11 is 0. The van der Waals surface area contributed by atoms with Crippen LogP contribution in [-0.2, 0) is 9.53 Å². The number of carbonyl (C=O) groups excluding carboxylic acids is 1. The van der Waals surface area contributed by atoms with E-state index in [0.717, 1.165) is 38.3 Å². The van der Waals surface area contributed by atoms with Crippen LogP contribution in [0.25, 0.3) is 0 Å². The molecule has 2 fully saturated rings. The number of nitrogens with zero attached hydrogens (tertiary/aromatic N) is 1. The van der Waals surface area contributed by atoms with Crippen LogP contribution in [0.3, 0.4) is 0 Å². The van der Waals surface area contributed by atoms with Gasteiger partial charge in [-0.05, 0) is 57.7 Å². The van der Waals surface area contributed by atoms with Crippen molar-refractivity contribution < 1.29 is 9.53 Å². The van der Waals surface area contributed by atoms with Crippen LogP contribution in [0.4, 0.5) is 0 Å². The number of amides is 1. The molecule has 122 valence electrons. The van der Waals surface area contributed by atoms with E-state index in [9.17, 15) is 4.79 Å². The zero-order valence-electron chi connectivity index (χ0n) is 13.4. The molecule has 0 bridgehead atoms. The molecular formula is C16H31N3O2. The van der Waals surface area contributed by atoms with E-state index in [1.165, 1.54) is 25.9 Å². The fourth-order valence-electron chi connectivity index (χ4n) is 3.45. The molecule has 2 aliphatic rings. The molecule has 0 aromatic heterocycles. The Bertz CT molecular complexity index is 321. The second-order valence-corrected chi connectivity index (χ2v) is 6.52. The SMILES string of the molecule is CCN1CCC(CCNC(=O)C2(CN)CCOCC2)CC1. The fraction of sp³-hybridized carbons (Fsp3) is 0.938. The van der Waals surface area contributed by atoms with Gasteiger partial charge in [0.05, 0.1) is 5.41 Å². The first kappa shape index (κ1) is 16.7. The average Bonchev–Trinajstić information content (AvgIpc) is 2.56. The van der Waals surface area contributed by atoms with Gasteiger partial charge in [-0.25, -0.2) is 0 Å². The second kappa shape index (κ2) is 8.11. The predicted octanol–water partition coefficient (Wildman–Crippen LogP) is 0.980. The maximum Gasteiger partial charge on any atom is 0.227 e. The maximum absolute atomic E-state index is 12.4. The molecule has 0 radical (unpaired) electrons. The van der Waals surface area contributed by atoms with Crippen LogP contribution in [0.5, 0.6) is 0 Å². The molecule has 2 saturated heterocycles. The van der Waals surface area contributed by atoms with Crippen molar-refractivity contribution >= 4 is 5.91 Å². The first-order valence-corrected chi connectivity index (χ1v) is 8.48. The van der Waals surface area contributed by atoms with Crippen molar-refractivity contribution in [2.45, 2.75) is 39.0 Å². The summed E-state index contributed by atoms with van der Waals surface area (Å²) in [6.07, 6.45) is 5.13. The number of carbonyl (C=O) groups is 1. The number of ether oxygens (including phenoxy) is 1. The van der Waals surface area contributed by atoms with Gasteiger partial charge in [-0.3, -0.25) is 4.79 Å². The van der Waals surface area contributed by atoms with Gasteiger partial charge in [-0.15, -0.1) is 0 Å². The van der Waals surface area contributed by atoms with Gasteiger partial charge >= 0.3 is 0 Å². The zero-order valence-corrected chi connectivity index (χ0v) is 13.4. The Balaban J connectivity index is 1.69. The largest absolute Gasteiger partial charge is 0.381 e. The Morgan fingerprint density at radius 1 is 1.33 bits per heavy atom. The van der Waals surface area contributed by atoms with Gasteiger partial charge in [0, 0.05) is 26.3 Å². The number of hydrogen-bond donors (Lipinski definition) is 2. The number of piperidine rings is 1. The minimum Gasteiger partial charge on any atom is -0.381 e. The number of likely N-dealkylation sites (tertiary alicyclic amines) is 1. The molecule has 0 aromatic rings. The molecule has 0 aliphatic carbocycles. The predicted molar refractivity (Wildman–Crippen MR) is 84.0 cm³/mol. The lowest BCUT2D eigenvalue weighted by atomic mass is 9.79. The molecule has 2 heterocycles. The third kappa shape index (κ3) is 4.41. The van der Waals surface area contributed by atoms with Crippen molar-refractivity contribution in [2.24, 2.45) is 17.1 Å². The lowest BCUT2D eigenvalue weighted by molar-refractivity contribution is -0.135. The first-order chi connectivity index (χ1) is 10.2. The van der Waals surface area contributed by atoms with Crippen LogP contribution >= 0.6 is 0 Å². The van der Waals surface area contributed by atoms with Crippen LogP contribution in [0.1, 0.15) is 39.0 Å². The van der Waals surface area contributed by atoms with E-state index in [4.69, 9.17) is 10.5 Å². The summed E-state index contributed by atoms with van der Waals surface area (Å²) in [6.45, 7) is 8.32. The highest BCUT2D eigenvalue weighted by atomic mass is 16.5. The maximum atomic E-state index is 12.4. The summed E-state index contributed by atoms with van der Waals surface area (Å²) in [5.74, 6) is 0.899. The standard InChI is InChI=1S/C16H31N3O2/c1-2-19-9-4-14(5-10-19)3-8-18-15(20)16(13-17)6-11-21-12-7-16/h14H,2-13,17H2,1H3,(H,18,20). The molecule has 0 unspecified atom stereocenters. The summed E-state index contributed by atoms with van der Waals surface area (Å²) in [5.41, 5.74) is 5.48. The van der Waals surface area contributed by atoms with E-state index < -0.39 is 0 Å². The van der Waals surface area contributed by atoms with Gasteiger partial charge in [0.15, 0.2) is 0 Å². The highest BCUT2D eigenvalue weighted by molar-refractivity contribution is 5.83. The Hall–Kier alpha value is -0.650. The Morgan fingerprint density at radius 3 is 2.57 bits per heavy atom. The highest BCUT2D eigenvalue weighted by Crippen LogP contribution is 2.29. The lowest BCUT2D eigenvalue weighted by Gasteiger charge is -2.35. The van der Waals surface area contributed by atoms with Crippen molar-refractivity contribution in [1.29, 1.82) is 0 Å². The van der Waals surface area contributed by atoms with Gasteiger partial charge in [-0.1, -0.05) is 6.92 Å². The third-order valence-corrected chi connectivity index (χ3v) is 5.31. The summed E-state index contributed by atoms with van der Waals surface area (Å²) in [6, 6.07) is 0. The van der Waals surface area contributed by atoms with Gasteiger partial charge in [0.1, 0.15) is 0 Å². The molecule has 5 nitrogen and oxygen atoms in total. The topological polar surface area (TPSA) is 67.6 Å². The Morgan fingerprint density at radius 2 is 2.00 bits per heavy atom. The molecule has 3 N–H and O–H groups in total. The Kier molecular flexibility index (Phi) is 6.45. The van der Waals surface area contributed by atoms with E-state index in [-0.39, 0.29) is 11.3 Å². The number of rotatable bonds is 6. The van der Waals surface area contributed by atoms with Crippen molar-refractivity contribution in [3.8, 4) is 0 Å². The molecular weight excluding hydrogens is 266 g/mol. The minimum absolute atomic E-state index is 0.138. The van der Waals surface area contributed by atoms with E-state index in [0.29, 0.717) is 19.8 Å². The van der Waals surface area contributed by atoms with Crippen LogP contribution in [-0.4, -0.2) is 56.7 Å². The highest BCUT2D eigenvalue weighted by Gasteiger charge is 2.38. The zero-order chi connectivity index (χ0) is 15.1. The molecule has 0 spiro atoms. The summed E-state index contributed by atoms with van der Waals surface area (Å²) < 4.78 is 5.36. The first-order valence-electron chi connectivity index (χ1n) is 8.48. The molecule has 21 heavy (non-hydrogen) atoms. The number of nitrogens with two attached hydrogens (primary N) is 1. The Labute approximate surface area is 128 Å². The minimum atomic E-state index is -0.385. The monoisotopic (exact) mass is 297 g/mol. The molecule has 2 rings (SSSR count). The molecule has 0 atom stereocenters. The quantitative estimate of drug-likeness (QED) is 0.767. The van der Waals surface area contributed by atoms with Gasteiger partial charge in [0.25, 0.3) is 0 Å². The molecule has 0 saturated carbocycles. The molecule has 2 aliphatic heterocycles. The van der Waals surface area contributed by atoms with Crippen molar-refractivity contribution in [3.05, 3.63) is 0 Å². The normalized spacial score (nSPS) is 23.9. The number of hydrogen-bond acceptors (Lipinski definition) is 4. The molecule has 0 aromatic carbocycles. The van der Waals surface area contributed by atoms with Crippen LogP contribution < -0.4 is 11.1 Å². The van der Waals surface area contributed by atoms with Crippen LogP contribution in [0.2, 0.25) is 0 Å². The number of nitrogens with one attached hydrogen (secondary N) is 1. The third-order valence-electron chi connectivity index (χ3n) is 5.31. The summed E-state index contributed by atoms with van der Waals surface area (Å²) in [4.78, 5) is 14.9. The lowest BCUT2D eigenvalue weighted by Crippen LogP contribution is -2.49. The van der Waals surface area contributed by atoms with Crippen molar-refractivity contribution in [2.75, 3.05) is 45.9 Å². The van der Waals surface area contributed by atoms with Crippen molar-refractivity contribution in [1.82, 2.24) is 10.2 Å². The van der Waals surface area contributed by atoms with Crippen molar-refractivity contribution in [3.63, 3.8) is 0 Å². The van der Waals surface area contributed by atoms with E-state index in [2.05, 4.69) is 17.1 Å². The van der Waals surface area contributed by atoms with Crippen LogP contribution in [0.15, 0.2) is 0 Å². The smallest absolute Gasteiger partial charge is 0.227 e. The van der Waals surface area contributed by atoms with Gasteiger partial charge in [0.2, 0.25) is 5.91 Å². The average molecular weight is 297 g/mol. The molecule has 5 heteroatoms. The summed E-state index contributed by atoms with van der Waals surface area (Å²) in [7, 11) is 0. The van der Waals surface area contributed by atoms with E-state index in [1.807, 2.05) is 0 Å². The summed E-state index contributed by atoms with van der Waals surface area (Å²) in [5, 5.41) is 3.13. The van der Waals surface area contributed by atoms with E-state index in [1.54, 1.807) is 0 Å². The molecule has 1 amide bonds. The van der Waals surface area contributed by atoms with E-state index >= 15 is 0 Å². The second-order valence-electron chi connectivity index (χ2n) is 6.52. The van der Waals surface area contributed by atoms with Crippen LogP contribution in [0, 0.1) is 11.3 Å². The van der Waals surface area contributed by atoms with Gasteiger partial charge in [-0.2, -0.15) is 0 Å². The van der Waals surface area contributed by atoms with Gasteiger partial charge < -0.3 is 20.7 Å². The fourth-order valence-corrected chi connectivity index (χ4v) is 3.45.